The lowest BCUT2D eigenvalue weighted by molar-refractivity contribution is 0.0647. The van der Waals surface area contributed by atoms with E-state index in [-0.39, 0.29) is 11.7 Å². The fraction of sp³-hybridized carbons (Fsp3) is 0.462. The average molecular weight is 206 g/mol. The minimum Gasteiger partial charge on any atom is -0.385 e. The van der Waals surface area contributed by atoms with E-state index in [0.29, 0.717) is 5.56 Å². The van der Waals surface area contributed by atoms with Gasteiger partial charge in [0, 0.05) is 5.56 Å². The summed E-state index contributed by atoms with van der Waals surface area (Å²) < 4.78 is 0. The minimum atomic E-state index is -0.898. The van der Waals surface area contributed by atoms with Crippen LogP contribution in [0.15, 0.2) is 18.2 Å². The Kier molecular flexibility index (Phi) is 3.64. The van der Waals surface area contributed by atoms with E-state index in [9.17, 15) is 9.90 Å². The lowest BCUT2D eigenvalue weighted by Gasteiger charge is -2.14. The Labute approximate surface area is 90.9 Å². The number of aliphatic hydroxyl groups excluding tert-OH is 1. The van der Waals surface area contributed by atoms with Crippen molar-refractivity contribution >= 4 is 5.78 Å². The monoisotopic (exact) mass is 206 g/mol. The summed E-state index contributed by atoms with van der Waals surface area (Å²) in [7, 11) is 0. The Balaban J connectivity index is 3.05. The Morgan fingerprint density at radius 2 is 1.87 bits per heavy atom. The predicted molar refractivity (Wildman–Crippen MR) is 61.1 cm³/mol. The molecule has 0 fully saturated rings. The molecule has 1 rings (SSSR count). The molecular weight excluding hydrogens is 188 g/mol. The number of aryl methyl sites for hydroxylation is 2. The van der Waals surface area contributed by atoms with Crippen molar-refractivity contribution in [3.63, 3.8) is 0 Å². The molecule has 15 heavy (non-hydrogen) atoms. The smallest absolute Gasteiger partial charge is 0.191 e. The fourth-order valence-electron chi connectivity index (χ4n) is 1.46. The third-order valence-electron chi connectivity index (χ3n) is 2.56. The van der Waals surface area contributed by atoms with Crippen LogP contribution in [0.1, 0.15) is 35.3 Å². The summed E-state index contributed by atoms with van der Waals surface area (Å²) in [5, 5.41) is 9.71. The number of rotatable bonds is 3. The second-order valence-electron chi connectivity index (χ2n) is 4.37. The van der Waals surface area contributed by atoms with Crippen LogP contribution in [0.2, 0.25) is 0 Å². The van der Waals surface area contributed by atoms with Crippen molar-refractivity contribution in [1.82, 2.24) is 0 Å². The normalized spacial score (nSPS) is 12.9. The van der Waals surface area contributed by atoms with Gasteiger partial charge in [-0.15, -0.1) is 0 Å². The molecule has 0 spiro atoms. The van der Waals surface area contributed by atoms with Crippen LogP contribution in [0.4, 0.5) is 0 Å². The van der Waals surface area contributed by atoms with Gasteiger partial charge in [-0.3, -0.25) is 4.79 Å². The van der Waals surface area contributed by atoms with Gasteiger partial charge in [-0.25, -0.2) is 0 Å². The zero-order chi connectivity index (χ0) is 11.6. The summed E-state index contributed by atoms with van der Waals surface area (Å²) in [6.07, 6.45) is -0.898. The van der Waals surface area contributed by atoms with E-state index in [1.165, 1.54) is 0 Å². The Bertz CT molecular complexity index is 367. The molecule has 0 saturated carbocycles. The quantitative estimate of drug-likeness (QED) is 0.771. The molecule has 1 aromatic rings. The van der Waals surface area contributed by atoms with E-state index in [4.69, 9.17) is 0 Å². The number of benzene rings is 1. The molecule has 1 N–H and O–H groups in total. The van der Waals surface area contributed by atoms with Gasteiger partial charge in [0.2, 0.25) is 0 Å². The van der Waals surface area contributed by atoms with Crippen molar-refractivity contribution < 1.29 is 9.90 Å². The first-order valence-electron chi connectivity index (χ1n) is 5.23. The predicted octanol–water partition coefficient (Wildman–Crippen LogP) is 2.50. The zero-order valence-electron chi connectivity index (χ0n) is 9.74. The van der Waals surface area contributed by atoms with E-state index in [2.05, 4.69) is 0 Å². The van der Waals surface area contributed by atoms with Crippen LogP contribution < -0.4 is 0 Å². The topological polar surface area (TPSA) is 37.3 Å². The molecule has 0 aliphatic rings. The summed E-state index contributed by atoms with van der Waals surface area (Å²) in [5.74, 6) is -0.219. The molecule has 0 amide bonds. The number of Topliss-reactive ketones (excluding diaryl/α,β-unsaturated/α-hetero) is 1. The van der Waals surface area contributed by atoms with Crippen molar-refractivity contribution in [1.29, 1.82) is 0 Å². The molecule has 0 bridgehead atoms. The number of aliphatic hydroxyl groups is 1. The summed E-state index contributed by atoms with van der Waals surface area (Å²) in [4.78, 5) is 11.9. The molecule has 0 aliphatic heterocycles. The van der Waals surface area contributed by atoms with Crippen molar-refractivity contribution in [2.75, 3.05) is 0 Å². The van der Waals surface area contributed by atoms with Gasteiger partial charge in [0.05, 0.1) is 0 Å². The summed E-state index contributed by atoms with van der Waals surface area (Å²) in [5.41, 5.74) is 2.60. The van der Waals surface area contributed by atoms with Gasteiger partial charge in [0.15, 0.2) is 5.78 Å². The molecule has 2 nitrogen and oxygen atoms in total. The largest absolute Gasteiger partial charge is 0.385 e. The van der Waals surface area contributed by atoms with E-state index < -0.39 is 6.10 Å². The molecule has 0 radical (unpaired) electrons. The molecular formula is C13H18O2. The average Bonchev–Trinajstić information content (AvgIpc) is 2.19. The second kappa shape index (κ2) is 4.58. The zero-order valence-corrected chi connectivity index (χ0v) is 9.74. The molecule has 82 valence electrons. The molecule has 2 heteroatoms. The van der Waals surface area contributed by atoms with Crippen LogP contribution >= 0.6 is 0 Å². The van der Waals surface area contributed by atoms with E-state index in [1.54, 1.807) is 0 Å². The van der Waals surface area contributed by atoms with E-state index in [0.717, 1.165) is 11.1 Å². The first-order chi connectivity index (χ1) is 6.93. The van der Waals surface area contributed by atoms with Crippen LogP contribution in [0.3, 0.4) is 0 Å². The highest BCUT2D eigenvalue weighted by molar-refractivity contribution is 6.00. The van der Waals surface area contributed by atoms with Gasteiger partial charge < -0.3 is 5.11 Å². The van der Waals surface area contributed by atoms with Gasteiger partial charge in [0.1, 0.15) is 6.10 Å². The lowest BCUT2D eigenvalue weighted by atomic mass is 9.94. The molecule has 1 unspecified atom stereocenters. The molecule has 0 aromatic heterocycles. The van der Waals surface area contributed by atoms with Crippen LogP contribution in [0, 0.1) is 19.8 Å². The SMILES string of the molecule is Cc1ccc(C)c(C(=O)C(O)C(C)C)c1. The van der Waals surface area contributed by atoms with Crippen LogP contribution in [0.5, 0.6) is 0 Å². The molecule has 1 atom stereocenters. The fourth-order valence-corrected chi connectivity index (χ4v) is 1.46. The van der Waals surface area contributed by atoms with E-state index >= 15 is 0 Å². The number of carbonyl (C=O) groups excluding carboxylic acids is 1. The Morgan fingerprint density at radius 3 is 2.40 bits per heavy atom. The number of hydrogen-bond acceptors (Lipinski definition) is 2. The molecule has 0 saturated heterocycles. The molecule has 0 heterocycles. The van der Waals surface area contributed by atoms with Crippen molar-refractivity contribution in [3.8, 4) is 0 Å². The summed E-state index contributed by atoms with van der Waals surface area (Å²) in [6.45, 7) is 7.51. The Hall–Kier alpha value is -1.15. The van der Waals surface area contributed by atoms with Crippen molar-refractivity contribution in [2.24, 2.45) is 5.92 Å². The number of carbonyl (C=O) groups is 1. The lowest BCUT2D eigenvalue weighted by Crippen LogP contribution is -2.26. The van der Waals surface area contributed by atoms with Crippen LogP contribution in [-0.4, -0.2) is 17.0 Å². The number of hydrogen-bond donors (Lipinski definition) is 1. The highest BCUT2D eigenvalue weighted by Gasteiger charge is 2.21. The third kappa shape index (κ3) is 2.66. The standard InChI is InChI=1S/C13H18O2/c1-8(2)12(14)13(15)11-7-9(3)5-6-10(11)4/h5-8,12,14H,1-4H3. The maximum Gasteiger partial charge on any atom is 0.191 e. The first kappa shape index (κ1) is 11.9. The second-order valence-corrected chi connectivity index (χ2v) is 4.37. The highest BCUT2D eigenvalue weighted by atomic mass is 16.3. The van der Waals surface area contributed by atoms with Crippen molar-refractivity contribution in [2.45, 2.75) is 33.8 Å². The first-order valence-corrected chi connectivity index (χ1v) is 5.23. The van der Waals surface area contributed by atoms with E-state index in [1.807, 2.05) is 45.9 Å². The Morgan fingerprint density at radius 1 is 1.27 bits per heavy atom. The molecule has 1 aromatic carbocycles. The maximum atomic E-state index is 11.9. The van der Waals surface area contributed by atoms with Crippen LogP contribution in [-0.2, 0) is 0 Å². The maximum absolute atomic E-state index is 11.9. The van der Waals surface area contributed by atoms with Gasteiger partial charge in [0.25, 0.3) is 0 Å². The van der Waals surface area contributed by atoms with Crippen molar-refractivity contribution in [3.05, 3.63) is 34.9 Å². The summed E-state index contributed by atoms with van der Waals surface area (Å²) >= 11 is 0. The summed E-state index contributed by atoms with van der Waals surface area (Å²) in [6, 6.07) is 5.72. The number of ketones is 1. The minimum absolute atomic E-state index is 0.0441. The molecule has 0 aliphatic carbocycles. The van der Waals surface area contributed by atoms with Gasteiger partial charge in [-0.05, 0) is 31.4 Å². The van der Waals surface area contributed by atoms with Gasteiger partial charge in [-0.2, -0.15) is 0 Å². The third-order valence-corrected chi connectivity index (χ3v) is 2.56. The van der Waals surface area contributed by atoms with Gasteiger partial charge in [-0.1, -0.05) is 31.5 Å². The van der Waals surface area contributed by atoms with Gasteiger partial charge >= 0.3 is 0 Å². The highest BCUT2D eigenvalue weighted by Crippen LogP contribution is 2.16. The van der Waals surface area contributed by atoms with Crippen LogP contribution in [0.25, 0.3) is 0 Å².